The first-order valence-electron chi connectivity index (χ1n) is 12.1. The Morgan fingerprint density at radius 3 is 2.67 bits per heavy atom. The van der Waals surface area contributed by atoms with Crippen LogP contribution in [-0.2, 0) is 9.53 Å². The van der Waals surface area contributed by atoms with Crippen LogP contribution in [0.4, 0.5) is 5.69 Å². The van der Waals surface area contributed by atoms with Gasteiger partial charge in [-0.2, -0.15) is 0 Å². The Bertz CT molecular complexity index is 1900. The number of carbonyl (C=O) groups is 1. The second-order valence-corrected chi connectivity index (χ2v) is 10.8. The van der Waals surface area contributed by atoms with Crippen molar-refractivity contribution in [3.8, 4) is 11.3 Å². The van der Waals surface area contributed by atoms with Gasteiger partial charge in [0.2, 0.25) is 0 Å². The molecule has 2 aromatic heterocycles. The number of benzene rings is 2. The number of nitro benzene ring substituents is 1. The number of fused-ring (bicyclic) bond motifs is 1. The van der Waals surface area contributed by atoms with Gasteiger partial charge in [0.15, 0.2) is 4.80 Å². The number of rotatable bonds is 6. The number of allylic oxidation sites excluding steroid dienone is 1. The van der Waals surface area contributed by atoms with Crippen molar-refractivity contribution in [2.45, 2.75) is 26.8 Å². The van der Waals surface area contributed by atoms with E-state index >= 15 is 0 Å². The molecular weight excluding hydrogens is 577 g/mol. The highest BCUT2D eigenvalue weighted by molar-refractivity contribution is 7.07. The fourth-order valence-electron chi connectivity index (χ4n) is 4.49. The predicted octanol–water partition coefficient (Wildman–Crippen LogP) is 5.58. The lowest BCUT2D eigenvalue weighted by Gasteiger charge is -2.24. The van der Waals surface area contributed by atoms with Crippen LogP contribution in [0.2, 0.25) is 10.0 Å². The molecule has 0 fully saturated rings. The Kier molecular flexibility index (Phi) is 7.50. The number of carbonyl (C=O) groups excluding carboxylic acids is 1. The molecule has 3 heterocycles. The van der Waals surface area contributed by atoms with Gasteiger partial charge in [-0.15, -0.1) is 0 Å². The van der Waals surface area contributed by atoms with Gasteiger partial charge in [-0.3, -0.25) is 19.5 Å². The van der Waals surface area contributed by atoms with Gasteiger partial charge in [-0.05, 0) is 56.7 Å². The average molecular weight is 598 g/mol. The van der Waals surface area contributed by atoms with Crippen LogP contribution < -0.4 is 14.9 Å². The highest BCUT2D eigenvalue weighted by atomic mass is 35.5. The first-order chi connectivity index (χ1) is 19.1. The van der Waals surface area contributed by atoms with Gasteiger partial charge in [0.1, 0.15) is 11.5 Å². The zero-order valence-electron chi connectivity index (χ0n) is 21.4. The topological polar surface area (TPSA) is 117 Å². The molecule has 12 heteroatoms. The number of ether oxygens (including phenoxy) is 1. The molecule has 0 radical (unpaired) electrons. The van der Waals surface area contributed by atoms with Crippen molar-refractivity contribution in [3.05, 3.63) is 117 Å². The molecule has 5 rings (SSSR count). The average Bonchev–Trinajstić information content (AvgIpc) is 3.47. The standard InChI is InChI=1S/C28H21Cl2N3O6S/c1-4-38-27(35)24-15(3)31-28-32(25(24)16-6-5-14(2)21(11-16)33(36)37)26(34)23(40-28)13-18-8-10-22(39-18)19-9-7-17(29)12-20(19)30/h5-13,25H,4H2,1-3H3/b23-13+/t25-/m0/s1. The monoisotopic (exact) mass is 597 g/mol. The Morgan fingerprint density at radius 1 is 1.20 bits per heavy atom. The van der Waals surface area contributed by atoms with E-state index in [1.165, 1.54) is 10.6 Å². The van der Waals surface area contributed by atoms with E-state index in [9.17, 15) is 19.7 Å². The van der Waals surface area contributed by atoms with Gasteiger partial charge >= 0.3 is 5.97 Å². The van der Waals surface area contributed by atoms with E-state index in [0.717, 1.165) is 11.3 Å². The SMILES string of the molecule is CCOC(=O)C1=C(C)N=c2s/c(=C/c3ccc(-c4ccc(Cl)cc4Cl)o3)c(=O)n2[C@H]1c1ccc(C)c([N+](=O)[O-])c1. The predicted molar refractivity (Wildman–Crippen MR) is 152 cm³/mol. The molecule has 0 N–H and O–H groups in total. The molecule has 0 saturated heterocycles. The van der Waals surface area contributed by atoms with E-state index in [0.29, 0.717) is 53.3 Å². The Balaban J connectivity index is 1.67. The molecule has 0 aliphatic carbocycles. The van der Waals surface area contributed by atoms with Gasteiger partial charge < -0.3 is 9.15 Å². The smallest absolute Gasteiger partial charge is 0.338 e. The Hall–Kier alpha value is -3.99. The molecule has 204 valence electrons. The molecule has 1 aliphatic rings. The number of hydrogen-bond donors (Lipinski definition) is 0. The van der Waals surface area contributed by atoms with E-state index in [1.54, 1.807) is 69.3 Å². The molecule has 2 aromatic carbocycles. The molecule has 4 aromatic rings. The minimum Gasteiger partial charge on any atom is -0.463 e. The summed E-state index contributed by atoms with van der Waals surface area (Å²) in [5.41, 5.74) is 1.42. The van der Waals surface area contributed by atoms with Crippen molar-refractivity contribution in [1.29, 1.82) is 0 Å². The molecule has 0 spiro atoms. The van der Waals surface area contributed by atoms with Crippen LogP contribution in [0.15, 0.2) is 74.0 Å². The van der Waals surface area contributed by atoms with Crippen molar-refractivity contribution < 1.29 is 18.9 Å². The first-order valence-corrected chi connectivity index (χ1v) is 13.7. The van der Waals surface area contributed by atoms with Gasteiger partial charge in [0, 0.05) is 28.3 Å². The third-order valence-corrected chi connectivity index (χ3v) is 7.89. The van der Waals surface area contributed by atoms with Crippen LogP contribution in [0.1, 0.15) is 36.8 Å². The molecule has 1 aliphatic heterocycles. The van der Waals surface area contributed by atoms with Gasteiger partial charge in [0.05, 0.1) is 38.4 Å². The van der Waals surface area contributed by atoms with Crippen LogP contribution in [0.3, 0.4) is 0 Å². The third kappa shape index (κ3) is 5.01. The first kappa shape index (κ1) is 27.6. The molecule has 0 saturated carbocycles. The largest absolute Gasteiger partial charge is 0.463 e. The van der Waals surface area contributed by atoms with Crippen molar-refractivity contribution in [2.75, 3.05) is 6.61 Å². The summed E-state index contributed by atoms with van der Waals surface area (Å²) in [5, 5.41) is 12.6. The number of nitrogens with zero attached hydrogens (tertiary/aromatic N) is 3. The molecule has 0 unspecified atom stereocenters. The zero-order valence-corrected chi connectivity index (χ0v) is 23.8. The van der Waals surface area contributed by atoms with Gasteiger partial charge in [-0.25, -0.2) is 9.79 Å². The highest BCUT2D eigenvalue weighted by Crippen LogP contribution is 2.34. The number of aryl methyl sites for hydroxylation is 1. The summed E-state index contributed by atoms with van der Waals surface area (Å²) < 4.78 is 12.9. The molecule has 1 atom stereocenters. The number of thiazole rings is 1. The number of nitro groups is 1. The summed E-state index contributed by atoms with van der Waals surface area (Å²) >= 11 is 13.4. The summed E-state index contributed by atoms with van der Waals surface area (Å²) in [4.78, 5) is 42.9. The van der Waals surface area contributed by atoms with E-state index in [4.69, 9.17) is 32.4 Å². The van der Waals surface area contributed by atoms with Crippen molar-refractivity contribution >= 4 is 52.3 Å². The van der Waals surface area contributed by atoms with Crippen LogP contribution in [0.25, 0.3) is 17.4 Å². The lowest BCUT2D eigenvalue weighted by atomic mass is 9.94. The number of halogens is 2. The quantitative estimate of drug-likeness (QED) is 0.163. The van der Waals surface area contributed by atoms with Crippen LogP contribution in [0.5, 0.6) is 0 Å². The van der Waals surface area contributed by atoms with E-state index in [2.05, 4.69) is 4.99 Å². The summed E-state index contributed by atoms with van der Waals surface area (Å²) in [5.74, 6) is 0.239. The summed E-state index contributed by atoms with van der Waals surface area (Å²) in [6, 6.07) is 12.1. The molecule has 40 heavy (non-hydrogen) atoms. The van der Waals surface area contributed by atoms with E-state index < -0.39 is 22.5 Å². The van der Waals surface area contributed by atoms with Crippen LogP contribution in [0, 0.1) is 17.0 Å². The maximum absolute atomic E-state index is 13.8. The van der Waals surface area contributed by atoms with Crippen molar-refractivity contribution in [2.24, 2.45) is 4.99 Å². The third-order valence-electron chi connectivity index (χ3n) is 6.36. The highest BCUT2D eigenvalue weighted by Gasteiger charge is 2.34. The minimum atomic E-state index is -0.975. The number of furan rings is 1. The zero-order chi connectivity index (χ0) is 28.7. The lowest BCUT2D eigenvalue weighted by molar-refractivity contribution is -0.385. The molecule has 9 nitrogen and oxygen atoms in total. The van der Waals surface area contributed by atoms with E-state index in [1.807, 2.05) is 0 Å². The van der Waals surface area contributed by atoms with Crippen LogP contribution >= 0.6 is 34.5 Å². The maximum Gasteiger partial charge on any atom is 0.338 e. The number of aromatic nitrogens is 1. The van der Waals surface area contributed by atoms with Crippen molar-refractivity contribution in [3.63, 3.8) is 0 Å². The lowest BCUT2D eigenvalue weighted by Crippen LogP contribution is -2.40. The fraction of sp³-hybridized carbons (Fsp3) is 0.179. The van der Waals surface area contributed by atoms with Gasteiger partial charge in [-0.1, -0.05) is 46.7 Å². The second-order valence-electron chi connectivity index (χ2n) is 8.93. The summed E-state index contributed by atoms with van der Waals surface area (Å²) in [6.07, 6.45) is 1.58. The maximum atomic E-state index is 13.8. The second kappa shape index (κ2) is 10.9. The van der Waals surface area contributed by atoms with E-state index in [-0.39, 0.29) is 17.9 Å². The fourth-order valence-corrected chi connectivity index (χ4v) is 6.02. The summed E-state index contributed by atoms with van der Waals surface area (Å²) in [6.45, 7) is 5.05. The Morgan fingerprint density at radius 2 is 1.98 bits per heavy atom. The molecule has 0 amide bonds. The molecular formula is C28H21Cl2N3O6S. The number of esters is 1. The minimum absolute atomic E-state index is 0.110. The van der Waals surface area contributed by atoms with Crippen molar-refractivity contribution in [1.82, 2.24) is 4.57 Å². The van der Waals surface area contributed by atoms with Crippen LogP contribution in [-0.4, -0.2) is 22.1 Å². The Labute approximate surface area is 241 Å². The summed E-state index contributed by atoms with van der Waals surface area (Å²) in [7, 11) is 0. The number of hydrogen-bond acceptors (Lipinski definition) is 8. The van der Waals surface area contributed by atoms with Gasteiger partial charge in [0.25, 0.3) is 11.2 Å². The molecule has 0 bridgehead atoms. The normalized spacial score (nSPS) is 15.1.